The van der Waals surface area contributed by atoms with Gasteiger partial charge in [0.05, 0.1) is 29.9 Å². The first-order valence-electron chi connectivity index (χ1n) is 11.6. The number of piperidine rings is 1. The van der Waals surface area contributed by atoms with Crippen LogP contribution >= 0.6 is 0 Å². The van der Waals surface area contributed by atoms with Gasteiger partial charge in [0.2, 0.25) is 0 Å². The number of methoxy groups -OCH3 is 1. The topological polar surface area (TPSA) is 78.1 Å². The normalized spacial score (nSPS) is 19.2. The van der Waals surface area contributed by atoms with Crippen molar-refractivity contribution in [2.75, 3.05) is 7.11 Å². The average molecular weight is 479 g/mol. The van der Waals surface area contributed by atoms with E-state index in [0.29, 0.717) is 29.0 Å². The maximum absolute atomic E-state index is 14.5. The van der Waals surface area contributed by atoms with Crippen molar-refractivity contribution in [3.63, 3.8) is 0 Å². The Hall–Kier alpha value is -3.82. The van der Waals surface area contributed by atoms with Gasteiger partial charge in [-0.3, -0.25) is 9.48 Å². The summed E-state index contributed by atoms with van der Waals surface area (Å²) in [6.45, 7) is 0. The number of carbonyl (C=O) groups is 1. The van der Waals surface area contributed by atoms with E-state index in [1.54, 1.807) is 35.7 Å². The second kappa shape index (κ2) is 7.86. The Balaban J connectivity index is 1.45. The van der Waals surface area contributed by atoms with Crippen LogP contribution in [0.15, 0.2) is 30.5 Å². The Morgan fingerprint density at radius 2 is 1.89 bits per heavy atom. The third-order valence-electron chi connectivity index (χ3n) is 7.19. The molecule has 0 spiro atoms. The van der Waals surface area contributed by atoms with Gasteiger partial charge >= 0.3 is 0 Å². The highest BCUT2D eigenvalue weighted by molar-refractivity contribution is 6.04. The number of carbonyl (C=O) groups excluding carboxylic acids is 1. The van der Waals surface area contributed by atoms with Gasteiger partial charge in [0.1, 0.15) is 0 Å². The smallest absolute Gasteiger partial charge is 0.275 e. The molecule has 0 aliphatic carbocycles. The first-order chi connectivity index (χ1) is 16.9. The van der Waals surface area contributed by atoms with Crippen LogP contribution in [0.25, 0.3) is 22.3 Å². The van der Waals surface area contributed by atoms with Gasteiger partial charge in [0.15, 0.2) is 28.7 Å². The van der Waals surface area contributed by atoms with Crippen LogP contribution in [0, 0.1) is 11.6 Å². The molecule has 0 radical (unpaired) electrons. The SMILES string of the molecule is COc1c(F)cc(-c2c3c(nn2C)[C@@H]2CCC[C@H](C3)N2C(=O)c2nn(C)c3ncccc23)cc1F. The first-order valence-corrected chi connectivity index (χ1v) is 11.6. The number of aromatic nitrogens is 5. The fraction of sp³-hybridized carbons (Fsp3) is 0.360. The molecule has 2 aliphatic rings. The molecule has 8 nitrogen and oxygen atoms in total. The van der Waals surface area contributed by atoms with Gasteiger partial charge < -0.3 is 9.64 Å². The second-order valence-corrected chi connectivity index (χ2v) is 9.17. The van der Waals surface area contributed by atoms with Gasteiger partial charge in [-0.25, -0.2) is 18.4 Å². The summed E-state index contributed by atoms with van der Waals surface area (Å²) in [7, 11) is 4.78. The van der Waals surface area contributed by atoms with E-state index in [9.17, 15) is 13.6 Å². The number of amides is 1. The number of hydrogen-bond acceptors (Lipinski definition) is 5. The molecule has 0 unspecified atom stereocenters. The van der Waals surface area contributed by atoms with Crippen LogP contribution in [0.4, 0.5) is 8.78 Å². The largest absolute Gasteiger partial charge is 0.491 e. The minimum atomic E-state index is -0.763. The van der Waals surface area contributed by atoms with E-state index in [0.717, 1.165) is 35.9 Å². The fourth-order valence-electron chi connectivity index (χ4n) is 5.77. The Bertz CT molecular complexity index is 1470. The van der Waals surface area contributed by atoms with E-state index in [1.807, 2.05) is 11.0 Å². The number of rotatable bonds is 3. The molecule has 0 saturated carbocycles. The van der Waals surface area contributed by atoms with Crippen molar-refractivity contribution >= 4 is 16.9 Å². The summed E-state index contributed by atoms with van der Waals surface area (Å²) < 4.78 is 37.2. The number of nitrogens with zero attached hydrogens (tertiary/aromatic N) is 6. The predicted octanol–water partition coefficient (Wildman–Crippen LogP) is 3.95. The van der Waals surface area contributed by atoms with Crippen LogP contribution in [-0.2, 0) is 20.5 Å². The van der Waals surface area contributed by atoms with Crippen LogP contribution in [0.1, 0.15) is 47.1 Å². The number of halogens is 2. The lowest BCUT2D eigenvalue weighted by Gasteiger charge is -2.45. The van der Waals surface area contributed by atoms with E-state index < -0.39 is 17.4 Å². The fourth-order valence-corrected chi connectivity index (χ4v) is 5.77. The number of ether oxygens (including phenoxy) is 1. The molecule has 5 heterocycles. The summed E-state index contributed by atoms with van der Waals surface area (Å²) in [4.78, 5) is 20.1. The summed E-state index contributed by atoms with van der Waals surface area (Å²) in [5.41, 5.74) is 3.81. The summed E-state index contributed by atoms with van der Waals surface area (Å²) >= 11 is 0. The molecule has 1 aromatic carbocycles. The maximum atomic E-state index is 14.5. The van der Waals surface area contributed by atoms with Gasteiger partial charge in [-0.1, -0.05) is 0 Å². The van der Waals surface area contributed by atoms with E-state index in [-0.39, 0.29) is 18.0 Å². The maximum Gasteiger partial charge on any atom is 0.275 e. The Morgan fingerprint density at radius 3 is 2.63 bits per heavy atom. The Labute approximate surface area is 200 Å². The van der Waals surface area contributed by atoms with Crippen LogP contribution in [0.2, 0.25) is 0 Å². The second-order valence-electron chi connectivity index (χ2n) is 9.17. The molecule has 3 aromatic heterocycles. The van der Waals surface area contributed by atoms with Crippen LogP contribution in [0.5, 0.6) is 5.75 Å². The van der Waals surface area contributed by atoms with Gasteiger partial charge in [0.25, 0.3) is 5.91 Å². The van der Waals surface area contributed by atoms with Crippen molar-refractivity contribution in [1.82, 2.24) is 29.4 Å². The van der Waals surface area contributed by atoms with E-state index >= 15 is 0 Å². The average Bonchev–Trinajstić information content (AvgIpc) is 3.34. The van der Waals surface area contributed by atoms with Crippen LogP contribution < -0.4 is 4.74 Å². The Morgan fingerprint density at radius 1 is 1.11 bits per heavy atom. The Kier molecular flexibility index (Phi) is 4.87. The van der Waals surface area contributed by atoms with Gasteiger partial charge in [-0.05, 0) is 49.9 Å². The number of hydrogen-bond donors (Lipinski definition) is 0. The summed E-state index contributed by atoms with van der Waals surface area (Å²) in [6, 6.07) is 5.93. The molecule has 180 valence electrons. The third kappa shape index (κ3) is 3.15. The van der Waals surface area contributed by atoms with Crippen molar-refractivity contribution in [3.05, 3.63) is 59.0 Å². The molecule has 1 saturated heterocycles. The highest BCUT2D eigenvalue weighted by atomic mass is 19.1. The summed E-state index contributed by atoms with van der Waals surface area (Å²) in [5.74, 6) is -2.07. The number of fused-ring (bicyclic) bond motifs is 5. The lowest BCUT2D eigenvalue weighted by molar-refractivity contribution is 0.0387. The molecule has 10 heteroatoms. The zero-order chi connectivity index (χ0) is 24.4. The molecule has 4 aromatic rings. The molecular weight excluding hydrogens is 454 g/mol. The summed E-state index contributed by atoms with van der Waals surface area (Å²) in [6.07, 6.45) is 4.81. The van der Waals surface area contributed by atoms with Crippen molar-refractivity contribution in [1.29, 1.82) is 0 Å². The molecule has 1 fully saturated rings. The van der Waals surface area contributed by atoms with Crippen molar-refractivity contribution in [2.45, 2.75) is 37.8 Å². The zero-order valence-corrected chi connectivity index (χ0v) is 19.6. The van der Waals surface area contributed by atoms with E-state index in [4.69, 9.17) is 9.84 Å². The molecule has 2 bridgehead atoms. The lowest BCUT2D eigenvalue weighted by atomic mass is 9.81. The molecule has 2 atom stereocenters. The zero-order valence-electron chi connectivity index (χ0n) is 19.6. The highest BCUT2D eigenvalue weighted by Crippen LogP contribution is 2.45. The molecule has 35 heavy (non-hydrogen) atoms. The van der Waals surface area contributed by atoms with Gasteiger partial charge in [0, 0.05) is 37.5 Å². The minimum Gasteiger partial charge on any atom is -0.491 e. The van der Waals surface area contributed by atoms with Crippen molar-refractivity contribution in [2.24, 2.45) is 14.1 Å². The van der Waals surface area contributed by atoms with Crippen molar-refractivity contribution in [3.8, 4) is 17.0 Å². The lowest BCUT2D eigenvalue weighted by Crippen LogP contribution is -2.50. The number of aryl methyl sites for hydroxylation is 2. The molecular formula is C25H24F2N6O2. The van der Waals surface area contributed by atoms with E-state index in [1.165, 1.54) is 19.2 Å². The summed E-state index contributed by atoms with van der Waals surface area (Å²) in [5, 5.41) is 9.97. The standard InChI is InChI=1S/C25H24F2N6O2/c1-31-22(13-10-17(26)23(35-3)18(27)11-13)16-12-14-6-4-8-19(20(16)29-31)33(14)25(34)21-15-7-5-9-28-24(15)32(2)30-21/h5,7,9-11,14,19H,4,6,8,12H2,1-3H3/t14-,19+/m1/s1. The monoisotopic (exact) mass is 478 g/mol. The highest BCUT2D eigenvalue weighted by Gasteiger charge is 2.44. The van der Waals surface area contributed by atoms with Crippen molar-refractivity contribution < 1.29 is 18.3 Å². The number of pyridine rings is 1. The van der Waals surface area contributed by atoms with Crippen LogP contribution in [-0.4, -0.2) is 48.5 Å². The quantitative estimate of drug-likeness (QED) is 0.446. The van der Waals surface area contributed by atoms with E-state index in [2.05, 4.69) is 10.1 Å². The molecule has 1 amide bonds. The van der Waals surface area contributed by atoms with Crippen LogP contribution in [0.3, 0.4) is 0 Å². The molecule has 2 aliphatic heterocycles. The van der Waals surface area contributed by atoms with Gasteiger partial charge in [-0.15, -0.1) is 0 Å². The van der Waals surface area contributed by atoms with Gasteiger partial charge in [-0.2, -0.15) is 10.2 Å². The third-order valence-corrected chi connectivity index (χ3v) is 7.19. The molecule has 6 rings (SSSR count). The first kappa shape index (κ1) is 21.7. The minimum absolute atomic E-state index is 0.0571. The number of benzene rings is 1. The predicted molar refractivity (Wildman–Crippen MR) is 124 cm³/mol. The molecule has 0 N–H and O–H groups in total.